The fraction of sp³-hybridized carbons (Fsp3) is 0.312. The molecule has 3 aromatic carbocycles. The molecule has 0 aliphatic carbocycles. The average Bonchev–Trinajstić information content (AvgIpc) is 3.01. The predicted octanol–water partition coefficient (Wildman–Crippen LogP) is 3.68. The van der Waals surface area contributed by atoms with E-state index in [1.807, 2.05) is 60.7 Å². The van der Waals surface area contributed by atoms with Gasteiger partial charge in [-0.2, -0.15) is 0 Å². The summed E-state index contributed by atoms with van der Waals surface area (Å²) in [4.78, 5) is 18.8. The number of ether oxygens (including phenoxy) is 3. The molecule has 1 amide bonds. The summed E-state index contributed by atoms with van der Waals surface area (Å²) in [7, 11) is 3.35. The number of nitrogens with zero attached hydrogens (tertiary/aromatic N) is 2. The Morgan fingerprint density at radius 3 is 2.54 bits per heavy atom. The molecule has 41 heavy (non-hydrogen) atoms. The lowest BCUT2D eigenvalue weighted by molar-refractivity contribution is 0.0744. The fourth-order valence-electron chi connectivity index (χ4n) is 4.27. The van der Waals surface area contributed by atoms with E-state index in [9.17, 15) is 15.0 Å². The first-order valence-electron chi connectivity index (χ1n) is 13.6. The second-order valence-corrected chi connectivity index (χ2v) is 9.78. The largest absolute Gasteiger partial charge is 0.491 e. The van der Waals surface area contributed by atoms with E-state index in [4.69, 9.17) is 14.2 Å². The van der Waals surface area contributed by atoms with Crippen molar-refractivity contribution in [2.45, 2.75) is 18.6 Å². The van der Waals surface area contributed by atoms with Gasteiger partial charge in [-0.05, 0) is 60.5 Å². The van der Waals surface area contributed by atoms with Crippen LogP contribution in [-0.2, 0) is 11.2 Å². The number of para-hydroxylation sites is 1. The lowest BCUT2D eigenvalue weighted by Gasteiger charge is -2.19. The minimum Gasteiger partial charge on any atom is -0.491 e. The molecule has 1 aromatic heterocycles. The van der Waals surface area contributed by atoms with Crippen LogP contribution in [0.1, 0.15) is 15.9 Å². The van der Waals surface area contributed by atoms with Crippen molar-refractivity contribution in [3.63, 3.8) is 0 Å². The first-order valence-corrected chi connectivity index (χ1v) is 13.6. The molecule has 4 aromatic rings. The third-order valence-electron chi connectivity index (χ3n) is 6.61. The van der Waals surface area contributed by atoms with Crippen molar-refractivity contribution in [3.8, 4) is 17.2 Å². The maximum Gasteiger partial charge on any atom is 0.253 e. The monoisotopic (exact) mass is 559 g/mol. The number of aliphatic hydroxyl groups is 2. The minimum atomic E-state index is -0.707. The van der Waals surface area contributed by atoms with Crippen LogP contribution in [0.25, 0.3) is 10.9 Å². The lowest BCUT2D eigenvalue weighted by Crippen LogP contribution is -2.41. The number of aromatic nitrogens is 1. The number of pyridine rings is 1. The average molecular weight is 560 g/mol. The zero-order chi connectivity index (χ0) is 29.0. The molecule has 0 saturated carbocycles. The number of rotatable bonds is 15. The van der Waals surface area contributed by atoms with Crippen LogP contribution >= 0.6 is 0 Å². The van der Waals surface area contributed by atoms with E-state index >= 15 is 0 Å². The summed E-state index contributed by atoms with van der Waals surface area (Å²) in [5.74, 6) is 1.89. The highest BCUT2D eigenvalue weighted by atomic mass is 16.5. The zero-order valence-corrected chi connectivity index (χ0v) is 23.4. The van der Waals surface area contributed by atoms with Crippen LogP contribution in [0.5, 0.6) is 17.2 Å². The first kappa shape index (κ1) is 30.0. The standard InChI is InChI=1S/C32H37N3O6/c1-35(16-17-39-2)32(38)24-10-13-29-30(19-24)33-15-14-31(29)41-28-11-8-23(9-12-28)18-25(21-36)34-20-26(37)22-40-27-6-4-3-5-7-27/h3-15,19,25-26,34,36-37H,16-18,20-22H2,1-2H3/t25-,26-/m0/s1. The van der Waals surface area contributed by atoms with Gasteiger partial charge in [-0.1, -0.05) is 30.3 Å². The summed E-state index contributed by atoms with van der Waals surface area (Å²) in [6.45, 7) is 1.36. The van der Waals surface area contributed by atoms with E-state index in [0.29, 0.717) is 54.4 Å². The summed E-state index contributed by atoms with van der Waals surface area (Å²) in [6, 6.07) is 23.9. The Morgan fingerprint density at radius 2 is 1.80 bits per heavy atom. The zero-order valence-electron chi connectivity index (χ0n) is 23.4. The van der Waals surface area contributed by atoms with E-state index in [0.717, 1.165) is 10.9 Å². The Bertz CT molecular complexity index is 1380. The summed E-state index contributed by atoms with van der Waals surface area (Å²) < 4.78 is 16.8. The molecule has 3 N–H and O–H groups in total. The molecule has 4 rings (SSSR count). The van der Waals surface area contributed by atoms with Gasteiger partial charge >= 0.3 is 0 Å². The topological polar surface area (TPSA) is 113 Å². The second kappa shape index (κ2) is 15.1. The molecule has 9 nitrogen and oxygen atoms in total. The molecule has 0 spiro atoms. The first-order chi connectivity index (χ1) is 20.0. The maximum absolute atomic E-state index is 12.7. The van der Waals surface area contributed by atoms with Gasteiger partial charge in [0.1, 0.15) is 30.0 Å². The molecular weight excluding hydrogens is 522 g/mol. The fourth-order valence-corrected chi connectivity index (χ4v) is 4.27. The molecule has 0 bridgehead atoms. The molecule has 216 valence electrons. The second-order valence-electron chi connectivity index (χ2n) is 9.78. The number of benzene rings is 3. The van der Waals surface area contributed by atoms with Gasteiger partial charge in [0.05, 0.1) is 18.7 Å². The van der Waals surface area contributed by atoms with Gasteiger partial charge < -0.3 is 34.6 Å². The number of hydrogen-bond acceptors (Lipinski definition) is 8. The highest BCUT2D eigenvalue weighted by molar-refractivity contribution is 5.98. The Kier molecular flexibility index (Phi) is 11.0. The Morgan fingerprint density at radius 1 is 1.02 bits per heavy atom. The SMILES string of the molecule is COCCN(C)C(=O)c1ccc2c(Oc3ccc(C[C@@H](CO)NC[C@H](O)COc4ccccc4)cc3)ccnc2c1. The number of carbonyl (C=O) groups excluding carboxylic acids is 1. The van der Waals surface area contributed by atoms with E-state index in [2.05, 4.69) is 10.3 Å². The van der Waals surface area contributed by atoms with Crippen LogP contribution in [-0.4, -0.2) is 85.2 Å². The van der Waals surface area contributed by atoms with Crippen LogP contribution in [0.3, 0.4) is 0 Å². The predicted molar refractivity (Wildman–Crippen MR) is 158 cm³/mol. The van der Waals surface area contributed by atoms with Gasteiger partial charge in [0, 0.05) is 50.4 Å². The number of fused-ring (bicyclic) bond motifs is 1. The molecule has 0 aliphatic rings. The third-order valence-corrected chi connectivity index (χ3v) is 6.61. The smallest absolute Gasteiger partial charge is 0.253 e. The molecule has 0 unspecified atom stereocenters. The third kappa shape index (κ3) is 8.73. The number of hydrogen-bond donors (Lipinski definition) is 3. The van der Waals surface area contributed by atoms with Crippen molar-refractivity contribution in [1.29, 1.82) is 0 Å². The number of nitrogens with one attached hydrogen (secondary N) is 1. The van der Waals surface area contributed by atoms with Crippen molar-refractivity contribution in [2.75, 3.05) is 47.1 Å². The lowest BCUT2D eigenvalue weighted by atomic mass is 10.1. The number of aliphatic hydroxyl groups excluding tert-OH is 2. The molecule has 0 radical (unpaired) electrons. The van der Waals surface area contributed by atoms with Gasteiger partial charge in [0.2, 0.25) is 0 Å². The summed E-state index contributed by atoms with van der Waals surface area (Å²) in [6.07, 6.45) is 1.53. The molecular formula is C32H37N3O6. The van der Waals surface area contributed by atoms with Gasteiger partial charge in [-0.25, -0.2) is 0 Å². The number of likely N-dealkylation sites (N-methyl/N-ethyl adjacent to an activating group) is 1. The Hall–Kier alpha value is -4.02. The summed E-state index contributed by atoms with van der Waals surface area (Å²) in [5, 5.41) is 24.1. The highest BCUT2D eigenvalue weighted by Gasteiger charge is 2.15. The van der Waals surface area contributed by atoms with Crippen molar-refractivity contribution < 1.29 is 29.2 Å². The van der Waals surface area contributed by atoms with E-state index < -0.39 is 6.10 Å². The van der Waals surface area contributed by atoms with Crippen LogP contribution in [0.4, 0.5) is 0 Å². The highest BCUT2D eigenvalue weighted by Crippen LogP contribution is 2.30. The molecule has 0 aliphatic heterocycles. The van der Waals surface area contributed by atoms with E-state index in [1.54, 1.807) is 43.5 Å². The normalized spacial score (nSPS) is 12.6. The Balaban J connectivity index is 1.32. The molecule has 9 heteroatoms. The van der Waals surface area contributed by atoms with Crippen LogP contribution in [0.15, 0.2) is 85.1 Å². The van der Waals surface area contributed by atoms with Gasteiger partial charge in [0.15, 0.2) is 0 Å². The van der Waals surface area contributed by atoms with Gasteiger partial charge in [0.25, 0.3) is 5.91 Å². The van der Waals surface area contributed by atoms with Crippen molar-refractivity contribution >= 4 is 16.8 Å². The van der Waals surface area contributed by atoms with E-state index in [-0.39, 0.29) is 25.2 Å². The molecule has 0 fully saturated rings. The molecule has 0 saturated heterocycles. The Labute approximate surface area is 240 Å². The van der Waals surface area contributed by atoms with Crippen molar-refractivity contribution in [1.82, 2.24) is 15.2 Å². The van der Waals surface area contributed by atoms with Crippen LogP contribution in [0.2, 0.25) is 0 Å². The summed E-state index contributed by atoms with van der Waals surface area (Å²) >= 11 is 0. The minimum absolute atomic E-state index is 0.0693. The maximum atomic E-state index is 12.7. The molecule has 1 heterocycles. The number of amides is 1. The van der Waals surface area contributed by atoms with E-state index in [1.165, 1.54) is 0 Å². The van der Waals surface area contributed by atoms with Crippen LogP contribution in [0, 0.1) is 0 Å². The number of methoxy groups -OCH3 is 1. The van der Waals surface area contributed by atoms with Crippen molar-refractivity contribution in [3.05, 3.63) is 96.2 Å². The quantitative estimate of drug-likeness (QED) is 0.202. The summed E-state index contributed by atoms with van der Waals surface area (Å²) in [5.41, 5.74) is 2.23. The molecule has 2 atom stereocenters. The number of carbonyl (C=O) groups is 1. The van der Waals surface area contributed by atoms with Gasteiger partial charge in [-0.15, -0.1) is 0 Å². The van der Waals surface area contributed by atoms with Gasteiger partial charge in [-0.3, -0.25) is 9.78 Å². The van der Waals surface area contributed by atoms with Crippen LogP contribution < -0.4 is 14.8 Å². The van der Waals surface area contributed by atoms with Crippen molar-refractivity contribution in [2.24, 2.45) is 0 Å².